The Bertz CT molecular complexity index is 578. The van der Waals surface area contributed by atoms with Gasteiger partial charge in [-0.15, -0.1) is 5.10 Å². The van der Waals surface area contributed by atoms with Gasteiger partial charge in [0.1, 0.15) is 0 Å². The number of hydrogen-bond donors (Lipinski definition) is 2. The zero-order chi connectivity index (χ0) is 14.4. The number of benzene rings is 1. The van der Waals surface area contributed by atoms with Gasteiger partial charge in [-0.2, -0.15) is 10.1 Å². The molecule has 0 fully saturated rings. The minimum absolute atomic E-state index is 0.451. The summed E-state index contributed by atoms with van der Waals surface area (Å²) >= 11 is 6.08. The predicted molar refractivity (Wildman–Crippen MR) is 79.7 cm³/mol. The van der Waals surface area contributed by atoms with Crippen LogP contribution in [0.4, 0.5) is 17.5 Å². The third-order valence-electron chi connectivity index (χ3n) is 2.68. The molecule has 20 heavy (non-hydrogen) atoms. The van der Waals surface area contributed by atoms with Crippen LogP contribution >= 0.6 is 11.6 Å². The van der Waals surface area contributed by atoms with Crippen molar-refractivity contribution in [2.24, 2.45) is 0 Å². The average molecular weight is 294 g/mol. The lowest BCUT2D eigenvalue weighted by atomic mass is 10.2. The summed E-state index contributed by atoms with van der Waals surface area (Å²) in [6.07, 6.45) is 1.56. The number of methoxy groups -OCH3 is 1. The normalized spacial score (nSPS) is 10.3. The monoisotopic (exact) mass is 293 g/mol. The standard InChI is InChI=1S/C13H16ClN5O/c1-9-10(14)4-3-5-11(9)17-12-8-16-19-13(18-12)15-6-7-20-2/h3-5,8H,6-7H2,1-2H3,(H2,15,17,18,19). The van der Waals surface area contributed by atoms with E-state index in [2.05, 4.69) is 25.8 Å². The fourth-order valence-electron chi connectivity index (χ4n) is 1.58. The number of rotatable bonds is 6. The molecule has 2 rings (SSSR count). The molecule has 0 unspecified atom stereocenters. The van der Waals surface area contributed by atoms with Gasteiger partial charge in [-0.05, 0) is 24.6 Å². The first-order valence-corrected chi connectivity index (χ1v) is 6.53. The molecule has 0 spiro atoms. The van der Waals surface area contributed by atoms with Gasteiger partial charge in [-0.1, -0.05) is 17.7 Å². The number of aromatic nitrogens is 3. The van der Waals surface area contributed by atoms with Crippen molar-refractivity contribution in [3.63, 3.8) is 0 Å². The third kappa shape index (κ3) is 3.79. The Hall–Kier alpha value is -1.92. The maximum Gasteiger partial charge on any atom is 0.244 e. The first kappa shape index (κ1) is 14.5. The molecular weight excluding hydrogens is 278 g/mol. The van der Waals surface area contributed by atoms with Gasteiger partial charge in [-0.3, -0.25) is 0 Å². The maximum atomic E-state index is 6.08. The second-order valence-electron chi connectivity index (χ2n) is 4.12. The summed E-state index contributed by atoms with van der Waals surface area (Å²) in [7, 11) is 1.64. The van der Waals surface area contributed by atoms with Crippen molar-refractivity contribution in [2.75, 3.05) is 30.9 Å². The van der Waals surface area contributed by atoms with E-state index in [1.165, 1.54) is 0 Å². The second kappa shape index (κ2) is 7.02. The zero-order valence-electron chi connectivity index (χ0n) is 11.4. The van der Waals surface area contributed by atoms with Gasteiger partial charge >= 0.3 is 0 Å². The summed E-state index contributed by atoms with van der Waals surface area (Å²) in [6.45, 7) is 3.14. The average Bonchev–Trinajstić information content (AvgIpc) is 2.45. The number of halogens is 1. The number of nitrogens with zero attached hydrogens (tertiary/aromatic N) is 3. The van der Waals surface area contributed by atoms with Crippen LogP contribution in [0.5, 0.6) is 0 Å². The molecule has 1 heterocycles. The first-order chi connectivity index (χ1) is 9.70. The lowest BCUT2D eigenvalue weighted by Crippen LogP contribution is -2.11. The number of hydrogen-bond acceptors (Lipinski definition) is 6. The van der Waals surface area contributed by atoms with Crippen molar-refractivity contribution in [1.29, 1.82) is 0 Å². The van der Waals surface area contributed by atoms with Crippen LogP contribution in [0.3, 0.4) is 0 Å². The number of ether oxygens (including phenoxy) is 1. The van der Waals surface area contributed by atoms with Crippen molar-refractivity contribution in [1.82, 2.24) is 15.2 Å². The Labute approximate surface area is 122 Å². The van der Waals surface area contributed by atoms with Gasteiger partial charge in [0.05, 0.1) is 12.8 Å². The van der Waals surface area contributed by atoms with Crippen molar-refractivity contribution in [3.05, 3.63) is 35.0 Å². The summed E-state index contributed by atoms with van der Waals surface area (Å²) in [6, 6.07) is 5.66. The minimum Gasteiger partial charge on any atom is -0.383 e. The van der Waals surface area contributed by atoms with Crippen LogP contribution in [0, 0.1) is 6.92 Å². The summed E-state index contributed by atoms with van der Waals surface area (Å²) in [4.78, 5) is 4.32. The van der Waals surface area contributed by atoms with Crippen LogP contribution in [0.15, 0.2) is 24.4 Å². The molecule has 0 saturated heterocycles. The Morgan fingerprint density at radius 3 is 3.00 bits per heavy atom. The van der Waals surface area contributed by atoms with Crippen molar-refractivity contribution in [3.8, 4) is 0 Å². The predicted octanol–water partition coefficient (Wildman–Crippen LogP) is 2.64. The fraction of sp³-hybridized carbons (Fsp3) is 0.308. The molecule has 1 aromatic carbocycles. The van der Waals surface area contributed by atoms with Crippen LogP contribution in [-0.2, 0) is 4.74 Å². The van der Waals surface area contributed by atoms with E-state index in [1.807, 2.05) is 25.1 Å². The molecule has 0 aliphatic rings. The molecule has 0 aliphatic carbocycles. The van der Waals surface area contributed by atoms with E-state index in [4.69, 9.17) is 16.3 Å². The van der Waals surface area contributed by atoms with Crippen LogP contribution in [-0.4, -0.2) is 35.4 Å². The number of anilines is 3. The van der Waals surface area contributed by atoms with Gasteiger partial charge < -0.3 is 15.4 Å². The molecule has 0 atom stereocenters. The highest BCUT2D eigenvalue weighted by Crippen LogP contribution is 2.25. The highest BCUT2D eigenvalue weighted by Gasteiger charge is 2.05. The smallest absolute Gasteiger partial charge is 0.244 e. The van der Waals surface area contributed by atoms with Crippen LogP contribution in [0.2, 0.25) is 5.02 Å². The van der Waals surface area contributed by atoms with Crippen LogP contribution in [0.1, 0.15) is 5.56 Å². The molecule has 0 saturated carbocycles. The van der Waals surface area contributed by atoms with Gasteiger partial charge in [0.15, 0.2) is 5.82 Å². The van der Waals surface area contributed by atoms with Crippen LogP contribution in [0.25, 0.3) is 0 Å². The molecule has 0 radical (unpaired) electrons. The van der Waals surface area contributed by atoms with E-state index in [1.54, 1.807) is 13.3 Å². The van der Waals surface area contributed by atoms with E-state index < -0.39 is 0 Å². The van der Waals surface area contributed by atoms with Crippen molar-refractivity contribution >= 4 is 29.1 Å². The number of nitrogens with one attached hydrogen (secondary N) is 2. The first-order valence-electron chi connectivity index (χ1n) is 6.15. The largest absolute Gasteiger partial charge is 0.383 e. The van der Waals surface area contributed by atoms with E-state index in [9.17, 15) is 0 Å². The molecule has 2 aromatic rings. The molecule has 0 bridgehead atoms. The Kier molecular flexibility index (Phi) is 5.09. The molecule has 0 amide bonds. The topological polar surface area (TPSA) is 72.0 Å². The lowest BCUT2D eigenvalue weighted by molar-refractivity contribution is 0.210. The Balaban J connectivity index is 2.09. The summed E-state index contributed by atoms with van der Waals surface area (Å²) < 4.78 is 4.95. The molecule has 0 aliphatic heterocycles. The Morgan fingerprint density at radius 2 is 2.20 bits per heavy atom. The highest BCUT2D eigenvalue weighted by molar-refractivity contribution is 6.31. The molecule has 2 N–H and O–H groups in total. The van der Waals surface area contributed by atoms with Gasteiger partial charge in [0.2, 0.25) is 5.95 Å². The zero-order valence-corrected chi connectivity index (χ0v) is 12.1. The van der Waals surface area contributed by atoms with E-state index in [0.29, 0.717) is 29.9 Å². The van der Waals surface area contributed by atoms with Crippen molar-refractivity contribution < 1.29 is 4.74 Å². The molecule has 106 valence electrons. The van der Waals surface area contributed by atoms with E-state index in [-0.39, 0.29) is 0 Å². The third-order valence-corrected chi connectivity index (χ3v) is 3.09. The Morgan fingerprint density at radius 1 is 1.35 bits per heavy atom. The second-order valence-corrected chi connectivity index (χ2v) is 4.53. The van der Waals surface area contributed by atoms with Gasteiger partial charge in [0, 0.05) is 24.4 Å². The van der Waals surface area contributed by atoms with Crippen LogP contribution < -0.4 is 10.6 Å². The summed E-state index contributed by atoms with van der Waals surface area (Å²) in [5.41, 5.74) is 1.85. The highest BCUT2D eigenvalue weighted by atomic mass is 35.5. The van der Waals surface area contributed by atoms with E-state index in [0.717, 1.165) is 11.3 Å². The summed E-state index contributed by atoms with van der Waals surface area (Å²) in [5, 5.41) is 14.7. The van der Waals surface area contributed by atoms with Gasteiger partial charge in [-0.25, -0.2) is 0 Å². The van der Waals surface area contributed by atoms with Crippen molar-refractivity contribution in [2.45, 2.75) is 6.92 Å². The van der Waals surface area contributed by atoms with Gasteiger partial charge in [0.25, 0.3) is 0 Å². The SMILES string of the molecule is COCCNc1nncc(Nc2cccc(Cl)c2C)n1. The lowest BCUT2D eigenvalue weighted by Gasteiger charge is -2.10. The molecule has 1 aromatic heterocycles. The minimum atomic E-state index is 0.451. The maximum absolute atomic E-state index is 6.08. The summed E-state index contributed by atoms with van der Waals surface area (Å²) in [5.74, 6) is 1.05. The molecular formula is C13H16ClN5O. The molecule has 7 heteroatoms. The fourth-order valence-corrected chi connectivity index (χ4v) is 1.76. The quantitative estimate of drug-likeness (QED) is 0.798. The molecule has 6 nitrogen and oxygen atoms in total. The van der Waals surface area contributed by atoms with E-state index >= 15 is 0 Å².